The molecular weight excluding hydrogens is 206 g/mol. The molecule has 1 nitrogen and oxygen atoms in total. The molecule has 1 aromatic carbocycles. The summed E-state index contributed by atoms with van der Waals surface area (Å²) in [6.07, 6.45) is 9.67. The van der Waals surface area contributed by atoms with Crippen LogP contribution >= 0.6 is 0 Å². The summed E-state index contributed by atoms with van der Waals surface area (Å²) < 4.78 is 0. The number of hydrogen-bond donors (Lipinski definition) is 0. The fourth-order valence-corrected chi connectivity index (χ4v) is 3.45. The van der Waals surface area contributed by atoms with Crippen molar-refractivity contribution in [2.75, 3.05) is 13.1 Å². The topological polar surface area (TPSA) is 3.24 Å². The Morgan fingerprint density at radius 1 is 0.882 bits per heavy atom. The molecule has 1 heteroatoms. The molecule has 0 aromatic heterocycles. The van der Waals surface area contributed by atoms with Gasteiger partial charge in [0.15, 0.2) is 0 Å². The van der Waals surface area contributed by atoms with Crippen molar-refractivity contribution in [3.8, 4) is 0 Å². The summed E-state index contributed by atoms with van der Waals surface area (Å²) in [6.45, 7) is 2.68. The van der Waals surface area contributed by atoms with Crippen LogP contribution in [0.2, 0.25) is 0 Å². The van der Waals surface area contributed by atoms with E-state index in [-0.39, 0.29) is 0 Å². The summed E-state index contributed by atoms with van der Waals surface area (Å²) >= 11 is 0. The Kier molecular flexibility index (Phi) is 3.46. The van der Waals surface area contributed by atoms with E-state index in [0.717, 1.165) is 6.04 Å². The molecule has 1 aliphatic carbocycles. The maximum atomic E-state index is 2.77. The number of likely N-dealkylation sites (tertiary alicyclic amines) is 1. The molecule has 0 spiro atoms. The predicted octanol–water partition coefficient (Wildman–Crippen LogP) is 3.42. The Morgan fingerprint density at radius 2 is 1.59 bits per heavy atom. The maximum Gasteiger partial charge on any atom is 0.0139 e. The minimum absolute atomic E-state index is 0.822. The highest BCUT2D eigenvalue weighted by molar-refractivity contribution is 5.30. The molecule has 0 saturated carbocycles. The van der Waals surface area contributed by atoms with Crippen molar-refractivity contribution >= 4 is 0 Å². The van der Waals surface area contributed by atoms with E-state index < -0.39 is 0 Å². The number of nitrogens with zero attached hydrogens (tertiary/aromatic N) is 1. The minimum Gasteiger partial charge on any atom is -0.300 e. The highest BCUT2D eigenvalue weighted by atomic mass is 15.2. The smallest absolute Gasteiger partial charge is 0.0139 e. The summed E-state index contributed by atoms with van der Waals surface area (Å²) in [5.74, 6) is 0. The molecular formula is C16H23N. The molecule has 1 fully saturated rings. The van der Waals surface area contributed by atoms with Gasteiger partial charge in [0.05, 0.1) is 0 Å². The highest BCUT2D eigenvalue weighted by Gasteiger charge is 2.24. The van der Waals surface area contributed by atoms with Crippen LogP contribution in [0.3, 0.4) is 0 Å². The van der Waals surface area contributed by atoms with Gasteiger partial charge in [-0.15, -0.1) is 0 Å². The van der Waals surface area contributed by atoms with Crippen LogP contribution in [0.15, 0.2) is 24.3 Å². The number of aryl methyl sites for hydroxylation is 1. The van der Waals surface area contributed by atoms with E-state index in [1.165, 1.54) is 58.0 Å². The summed E-state index contributed by atoms with van der Waals surface area (Å²) in [4.78, 5) is 2.77. The Bertz CT molecular complexity index is 364. The molecule has 0 N–H and O–H groups in total. The third kappa shape index (κ3) is 2.55. The van der Waals surface area contributed by atoms with Gasteiger partial charge >= 0.3 is 0 Å². The van der Waals surface area contributed by atoms with Crippen molar-refractivity contribution in [3.63, 3.8) is 0 Å². The SMILES string of the molecule is c1ccc2c(c1)CCC(N1CCCCCC1)C2. The number of fused-ring (bicyclic) bond motifs is 1. The second-order valence-electron chi connectivity index (χ2n) is 5.62. The summed E-state index contributed by atoms with van der Waals surface area (Å²) in [5.41, 5.74) is 3.20. The van der Waals surface area contributed by atoms with Gasteiger partial charge in [-0.25, -0.2) is 0 Å². The Balaban J connectivity index is 1.70. The van der Waals surface area contributed by atoms with E-state index in [0.29, 0.717) is 0 Å². The zero-order valence-electron chi connectivity index (χ0n) is 10.7. The maximum absolute atomic E-state index is 2.77. The average molecular weight is 229 g/mol. The van der Waals surface area contributed by atoms with E-state index in [1.807, 2.05) is 0 Å². The summed E-state index contributed by atoms with van der Waals surface area (Å²) in [5, 5.41) is 0. The Morgan fingerprint density at radius 3 is 2.35 bits per heavy atom. The molecule has 1 heterocycles. The average Bonchev–Trinajstić information content (AvgIpc) is 2.67. The van der Waals surface area contributed by atoms with Crippen molar-refractivity contribution in [2.24, 2.45) is 0 Å². The second-order valence-corrected chi connectivity index (χ2v) is 5.62. The van der Waals surface area contributed by atoms with Gasteiger partial charge in [0.1, 0.15) is 0 Å². The molecule has 1 atom stereocenters. The first-order chi connectivity index (χ1) is 8.43. The van der Waals surface area contributed by atoms with Gasteiger partial charge in [-0.2, -0.15) is 0 Å². The molecule has 1 aromatic rings. The summed E-state index contributed by atoms with van der Waals surface area (Å²) in [7, 11) is 0. The van der Waals surface area contributed by atoms with Gasteiger partial charge in [-0.3, -0.25) is 0 Å². The van der Waals surface area contributed by atoms with Crippen LogP contribution < -0.4 is 0 Å². The quantitative estimate of drug-likeness (QED) is 0.713. The third-order valence-corrected chi connectivity index (χ3v) is 4.48. The van der Waals surface area contributed by atoms with Crippen LogP contribution in [0.25, 0.3) is 0 Å². The molecule has 0 bridgehead atoms. The predicted molar refractivity (Wildman–Crippen MR) is 72.3 cm³/mol. The fourth-order valence-electron chi connectivity index (χ4n) is 3.45. The molecule has 1 unspecified atom stereocenters. The molecule has 1 saturated heterocycles. The largest absolute Gasteiger partial charge is 0.300 e. The van der Waals surface area contributed by atoms with Crippen molar-refractivity contribution < 1.29 is 0 Å². The van der Waals surface area contributed by atoms with Gasteiger partial charge in [0.25, 0.3) is 0 Å². The zero-order chi connectivity index (χ0) is 11.5. The molecule has 2 aliphatic rings. The molecule has 0 radical (unpaired) electrons. The lowest BCUT2D eigenvalue weighted by molar-refractivity contribution is 0.186. The van der Waals surface area contributed by atoms with Gasteiger partial charge in [0, 0.05) is 6.04 Å². The molecule has 17 heavy (non-hydrogen) atoms. The monoisotopic (exact) mass is 229 g/mol. The lowest BCUT2D eigenvalue weighted by Gasteiger charge is -2.34. The molecule has 0 amide bonds. The molecule has 92 valence electrons. The van der Waals surface area contributed by atoms with Crippen molar-refractivity contribution in [1.29, 1.82) is 0 Å². The van der Waals surface area contributed by atoms with Crippen molar-refractivity contribution in [2.45, 2.75) is 51.0 Å². The molecule has 1 aliphatic heterocycles. The van der Waals surface area contributed by atoms with Crippen LogP contribution in [0.4, 0.5) is 0 Å². The van der Waals surface area contributed by atoms with Crippen LogP contribution in [0, 0.1) is 0 Å². The van der Waals surface area contributed by atoms with Crippen molar-refractivity contribution in [3.05, 3.63) is 35.4 Å². The van der Waals surface area contributed by atoms with Crippen LogP contribution in [-0.4, -0.2) is 24.0 Å². The van der Waals surface area contributed by atoms with Gasteiger partial charge in [-0.05, 0) is 56.3 Å². The van der Waals surface area contributed by atoms with Crippen molar-refractivity contribution in [1.82, 2.24) is 4.90 Å². The van der Waals surface area contributed by atoms with E-state index >= 15 is 0 Å². The summed E-state index contributed by atoms with van der Waals surface area (Å²) in [6, 6.07) is 9.85. The Labute approximate surface area is 105 Å². The van der Waals surface area contributed by atoms with E-state index in [9.17, 15) is 0 Å². The fraction of sp³-hybridized carbons (Fsp3) is 0.625. The lowest BCUT2D eigenvalue weighted by atomic mass is 9.87. The van der Waals surface area contributed by atoms with Gasteiger partial charge in [0.2, 0.25) is 0 Å². The van der Waals surface area contributed by atoms with Crippen LogP contribution in [0.1, 0.15) is 43.2 Å². The van der Waals surface area contributed by atoms with E-state index in [2.05, 4.69) is 29.2 Å². The lowest BCUT2D eigenvalue weighted by Crippen LogP contribution is -2.39. The highest BCUT2D eigenvalue weighted by Crippen LogP contribution is 2.26. The molecule has 3 rings (SSSR count). The second kappa shape index (κ2) is 5.22. The number of hydrogen-bond acceptors (Lipinski definition) is 1. The first-order valence-corrected chi connectivity index (χ1v) is 7.24. The van der Waals surface area contributed by atoms with E-state index in [1.54, 1.807) is 11.1 Å². The number of benzene rings is 1. The van der Waals surface area contributed by atoms with Gasteiger partial charge in [-0.1, -0.05) is 37.1 Å². The van der Waals surface area contributed by atoms with Crippen LogP contribution in [0.5, 0.6) is 0 Å². The van der Waals surface area contributed by atoms with E-state index in [4.69, 9.17) is 0 Å². The first-order valence-electron chi connectivity index (χ1n) is 7.24. The first kappa shape index (κ1) is 11.3. The zero-order valence-corrected chi connectivity index (χ0v) is 10.7. The van der Waals surface area contributed by atoms with Crippen LogP contribution in [-0.2, 0) is 12.8 Å². The Hall–Kier alpha value is -0.820. The normalized spacial score (nSPS) is 26.2. The number of rotatable bonds is 1. The standard InChI is InChI=1S/C16H23N/c1-2-6-12-17(11-5-1)16-10-9-14-7-3-4-8-15(14)13-16/h3-4,7-8,16H,1-2,5-6,9-13H2. The third-order valence-electron chi connectivity index (χ3n) is 4.48. The minimum atomic E-state index is 0.822. The van der Waals surface area contributed by atoms with Gasteiger partial charge < -0.3 is 4.90 Å².